The van der Waals surface area contributed by atoms with Crippen molar-refractivity contribution in [3.8, 4) is 0 Å². The Kier molecular flexibility index (Phi) is 35.6. The summed E-state index contributed by atoms with van der Waals surface area (Å²) in [5, 5.41) is 44.6. The van der Waals surface area contributed by atoms with Gasteiger partial charge in [0.15, 0.2) is 0 Å². The van der Waals surface area contributed by atoms with E-state index in [0.717, 1.165) is 128 Å². The Morgan fingerprint density at radius 3 is 1.30 bits per heavy atom. The number of hydrogen-bond donors (Lipinski definition) is 6. The van der Waals surface area contributed by atoms with Crippen molar-refractivity contribution in [1.29, 1.82) is 0 Å². The molecule has 0 fully saturated rings. The maximum absolute atomic E-state index is 12.1. The minimum absolute atomic E-state index is 0.0345. The quantitative estimate of drug-likeness (QED) is 0.0226. The molecule has 10 nitrogen and oxygen atoms in total. The van der Waals surface area contributed by atoms with Crippen LogP contribution in [0.3, 0.4) is 0 Å². The predicted molar refractivity (Wildman–Crippen MR) is 202 cm³/mol. The first-order valence-electron chi connectivity index (χ1n) is 20.0. The fourth-order valence-electron chi connectivity index (χ4n) is 5.90. The summed E-state index contributed by atoms with van der Waals surface area (Å²) < 4.78 is 10.6. The molecule has 0 saturated carbocycles. The summed E-state index contributed by atoms with van der Waals surface area (Å²) in [5.74, 6) is 0.0690. The molecule has 0 bridgehead atoms. The van der Waals surface area contributed by atoms with Crippen LogP contribution in [0.5, 0.6) is 0 Å². The second-order valence-electron chi connectivity index (χ2n) is 13.5. The topological polar surface area (TPSA) is 158 Å². The molecule has 0 rings (SSSR count). The van der Waals surface area contributed by atoms with Gasteiger partial charge in [-0.15, -0.1) is 0 Å². The third-order valence-corrected chi connectivity index (χ3v) is 9.03. The van der Waals surface area contributed by atoms with Crippen molar-refractivity contribution < 1.29 is 39.5 Å². The first-order valence-corrected chi connectivity index (χ1v) is 20.0. The fourth-order valence-corrected chi connectivity index (χ4v) is 5.90. The van der Waals surface area contributed by atoms with Crippen molar-refractivity contribution in [2.75, 3.05) is 26.7 Å². The molecule has 10 heteroatoms. The van der Waals surface area contributed by atoms with E-state index in [0.29, 0.717) is 38.8 Å². The van der Waals surface area contributed by atoms with Gasteiger partial charge in [0.1, 0.15) is 13.6 Å². The number of carbonyl (C=O) groups is 2. The minimum Gasteiger partial charge on any atom is -0.390 e. The number of allylic oxidation sites excluding steroid dienone is 2. The van der Waals surface area contributed by atoms with Gasteiger partial charge in [0, 0.05) is 25.9 Å². The van der Waals surface area contributed by atoms with Crippen molar-refractivity contribution in [2.45, 2.75) is 192 Å². The Bertz CT molecular complexity index is 759. The predicted octanol–water partition coefficient (Wildman–Crippen LogP) is 7.13. The maximum Gasteiger partial charge on any atom is 0.220 e. The second-order valence-corrected chi connectivity index (χ2v) is 13.5. The summed E-state index contributed by atoms with van der Waals surface area (Å²) in [6.45, 7) is 4.46. The van der Waals surface area contributed by atoms with Crippen LogP contribution in [-0.2, 0) is 19.1 Å². The highest BCUT2D eigenvalue weighted by Crippen LogP contribution is 2.16. The van der Waals surface area contributed by atoms with Gasteiger partial charge in [-0.1, -0.05) is 115 Å². The van der Waals surface area contributed by atoms with Crippen LogP contribution in [0.2, 0.25) is 0 Å². The third-order valence-electron chi connectivity index (χ3n) is 9.03. The monoisotopic (exact) mass is 713 g/mol. The summed E-state index contributed by atoms with van der Waals surface area (Å²) >= 11 is 0. The molecule has 0 spiro atoms. The zero-order valence-corrected chi connectivity index (χ0v) is 31.8. The highest BCUT2D eigenvalue weighted by molar-refractivity contribution is 5.77. The summed E-state index contributed by atoms with van der Waals surface area (Å²) in [7, 11) is 0. The van der Waals surface area contributed by atoms with E-state index in [1.807, 2.05) is 12.2 Å². The van der Waals surface area contributed by atoms with E-state index in [9.17, 15) is 19.8 Å². The molecule has 0 heterocycles. The molecule has 0 aliphatic carbocycles. The molecular weight excluding hydrogens is 636 g/mol. The highest BCUT2D eigenvalue weighted by Gasteiger charge is 2.19. The summed E-state index contributed by atoms with van der Waals surface area (Å²) in [6.07, 6.45) is 28.7. The number of ether oxygens (including phenoxy) is 2. The van der Waals surface area contributed by atoms with Gasteiger partial charge in [-0.3, -0.25) is 9.59 Å². The van der Waals surface area contributed by atoms with Crippen molar-refractivity contribution in [1.82, 2.24) is 10.6 Å². The minimum atomic E-state index is -0.591. The molecular formula is C40H76N2O8. The number of nitrogens with one attached hydrogen (secondary N) is 2. The first kappa shape index (κ1) is 48.2. The van der Waals surface area contributed by atoms with E-state index >= 15 is 0 Å². The normalized spacial score (nSPS) is 14.3. The molecule has 4 unspecified atom stereocenters. The number of rotatable bonds is 37. The summed E-state index contributed by atoms with van der Waals surface area (Å²) in [6, 6.07) is 0. The Hall–Kier alpha value is -1.82. The van der Waals surface area contributed by atoms with Gasteiger partial charge in [0.25, 0.3) is 0 Å². The van der Waals surface area contributed by atoms with Gasteiger partial charge in [0.2, 0.25) is 11.8 Å². The zero-order chi connectivity index (χ0) is 36.9. The van der Waals surface area contributed by atoms with E-state index < -0.39 is 12.2 Å². The van der Waals surface area contributed by atoms with Crippen LogP contribution in [0.25, 0.3) is 0 Å². The molecule has 6 N–H and O–H groups in total. The van der Waals surface area contributed by atoms with Gasteiger partial charge in [-0.2, -0.15) is 0 Å². The molecule has 0 radical (unpaired) electrons. The van der Waals surface area contributed by atoms with Gasteiger partial charge in [0.05, 0.1) is 24.4 Å². The molecule has 4 atom stereocenters. The van der Waals surface area contributed by atoms with Crippen molar-refractivity contribution in [3.05, 3.63) is 24.3 Å². The van der Waals surface area contributed by atoms with Crippen LogP contribution in [0.4, 0.5) is 0 Å². The van der Waals surface area contributed by atoms with Gasteiger partial charge in [-0.25, -0.2) is 0 Å². The number of unbranched alkanes of at least 4 members (excludes halogenated alkanes) is 14. The Morgan fingerprint density at radius 2 is 0.920 bits per heavy atom. The molecule has 0 aromatic heterocycles. The lowest BCUT2D eigenvalue weighted by Gasteiger charge is -2.21. The lowest BCUT2D eigenvalue weighted by Crippen LogP contribution is -2.34. The van der Waals surface area contributed by atoms with E-state index in [-0.39, 0.29) is 37.6 Å². The Morgan fingerprint density at radius 1 is 0.540 bits per heavy atom. The van der Waals surface area contributed by atoms with Crippen LogP contribution in [0, 0.1) is 0 Å². The van der Waals surface area contributed by atoms with Crippen molar-refractivity contribution in [2.24, 2.45) is 0 Å². The largest absolute Gasteiger partial charge is 0.390 e. The first-order chi connectivity index (χ1) is 24.4. The SMILES string of the molecule is CCCCCC(OCO)C(O)CC=CCCCCCCCC(=O)NCCNC(=O)CCCCCCCC=CCC(O)C(CCCCC)OCO. The molecule has 0 aromatic rings. The molecule has 0 saturated heterocycles. The Labute approximate surface area is 304 Å². The average Bonchev–Trinajstić information content (AvgIpc) is 3.10. The summed E-state index contributed by atoms with van der Waals surface area (Å²) in [5.41, 5.74) is 0. The molecule has 50 heavy (non-hydrogen) atoms. The van der Waals surface area contributed by atoms with Crippen LogP contribution in [0.1, 0.15) is 168 Å². The smallest absolute Gasteiger partial charge is 0.220 e. The van der Waals surface area contributed by atoms with Gasteiger partial charge < -0.3 is 40.5 Å². The van der Waals surface area contributed by atoms with Gasteiger partial charge in [-0.05, 0) is 64.2 Å². The highest BCUT2D eigenvalue weighted by atomic mass is 16.6. The van der Waals surface area contributed by atoms with E-state index in [4.69, 9.17) is 19.7 Å². The number of hydrogen-bond acceptors (Lipinski definition) is 8. The van der Waals surface area contributed by atoms with E-state index in [1.165, 1.54) is 0 Å². The van der Waals surface area contributed by atoms with Crippen LogP contribution >= 0.6 is 0 Å². The van der Waals surface area contributed by atoms with E-state index in [1.54, 1.807) is 0 Å². The second kappa shape index (κ2) is 37.0. The molecule has 294 valence electrons. The maximum atomic E-state index is 12.1. The molecule has 2 amide bonds. The summed E-state index contributed by atoms with van der Waals surface area (Å²) in [4.78, 5) is 24.2. The third kappa shape index (κ3) is 31.0. The fraction of sp³-hybridized carbons (Fsp3) is 0.850. The number of carbonyl (C=O) groups excluding carboxylic acids is 2. The lowest BCUT2D eigenvalue weighted by molar-refractivity contribution is -0.123. The molecule has 0 aliphatic rings. The number of aliphatic hydroxyl groups excluding tert-OH is 4. The lowest BCUT2D eigenvalue weighted by atomic mass is 10.0. The number of aliphatic hydroxyl groups is 4. The van der Waals surface area contributed by atoms with Crippen molar-refractivity contribution in [3.63, 3.8) is 0 Å². The average molecular weight is 713 g/mol. The zero-order valence-electron chi connectivity index (χ0n) is 31.8. The van der Waals surface area contributed by atoms with E-state index in [2.05, 4.69) is 36.6 Å². The van der Waals surface area contributed by atoms with Crippen LogP contribution in [0.15, 0.2) is 24.3 Å². The van der Waals surface area contributed by atoms with Crippen LogP contribution in [-0.4, -0.2) is 83.3 Å². The van der Waals surface area contributed by atoms with Gasteiger partial charge >= 0.3 is 0 Å². The van der Waals surface area contributed by atoms with Crippen LogP contribution < -0.4 is 10.6 Å². The molecule has 0 aromatic carbocycles. The number of amides is 2. The van der Waals surface area contributed by atoms with Crippen molar-refractivity contribution >= 4 is 11.8 Å². The Balaban J connectivity index is 3.66. The standard InChI is InChI=1S/C40H76N2O8/c1-3-5-19-27-37(49-33-43)35(45)25-21-15-11-7-9-13-17-23-29-39(47)41-31-32-42-40(48)30-24-18-14-10-8-12-16-22-26-36(46)38(50-34-44)28-20-6-4-2/h15-16,21-22,35-38,43-46H,3-14,17-20,23-34H2,1-2H3,(H,41,47)(H,42,48). The molecule has 0 aliphatic heterocycles.